The van der Waals surface area contributed by atoms with Crippen LogP contribution in [-0.2, 0) is 39.9 Å². The van der Waals surface area contributed by atoms with Gasteiger partial charge in [-0.25, -0.2) is 9.97 Å². The van der Waals surface area contributed by atoms with Crippen LogP contribution in [0, 0.1) is 0 Å². The molecule has 0 aliphatic heterocycles. The van der Waals surface area contributed by atoms with Gasteiger partial charge < -0.3 is 9.67 Å². The molecule has 5 aromatic rings. The standard InChI is InChI=1S/C29H31N7O/c1-29(2,37)18-36-12-11-24(33-36)13-25-30-14-21-9-10-22-16-34(3)28(26(22)27(21)32-25)20-7-5-19(6-8-20)23-15-31-35(4)17-23/h5-8,11-12,14-17,37H,9-10,13,18H2,1-4H3. The second-order valence-corrected chi connectivity index (χ2v) is 10.6. The van der Waals surface area contributed by atoms with Crippen molar-refractivity contribution in [3.63, 3.8) is 0 Å². The summed E-state index contributed by atoms with van der Waals surface area (Å²) in [5.74, 6) is 0.752. The van der Waals surface area contributed by atoms with Gasteiger partial charge in [0, 0.05) is 50.0 Å². The molecule has 1 aliphatic rings. The van der Waals surface area contributed by atoms with Crippen LogP contribution in [0.1, 0.15) is 36.5 Å². The second kappa shape index (κ2) is 8.81. The fraction of sp³-hybridized carbons (Fsp3) is 0.310. The normalized spacial score (nSPS) is 13.0. The molecule has 0 unspecified atom stereocenters. The maximum atomic E-state index is 10.1. The van der Waals surface area contributed by atoms with Gasteiger partial charge in [-0.2, -0.15) is 10.2 Å². The number of hydrogen-bond acceptors (Lipinski definition) is 5. The first kappa shape index (κ1) is 23.4. The predicted molar refractivity (Wildman–Crippen MR) is 143 cm³/mol. The average molecular weight is 494 g/mol. The zero-order valence-electron chi connectivity index (χ0n) is 21.7. The van der Waals surface area contributed by atoms with Crippen molar-refractivity contribution in [1.82, 2.24) is 34.1 Å². The third-order valence-corrected chi connectivity index (χ3v) is 6.86. The summed E-state index contributed by atoms with van der Waals surface area (Å²) in [5.41, 5.74) is 9.39. The van der Waals surface area contributed by atoms with Crippen molar-refractivity contribution < 1.29 is 5.11 Å². The molecule has 4 heterocycles. The first-order valence-electron chi connectivity index (χ1n) is 12.6. The lowest BCUT2D eigenvalue weighted by Crippen LogP contribution is -2.26. The number of benzene rings is 1. The Morgan fingerprint density at radius 1 is 0.919 bits per heavy atom. The monoisotopic (exact) mass is 493 g/mol. The molecule has 8 heteroatoms. The minimum absolute atomic E-state index is 0.439. The Morgan fingerprint density at radius 3 is 2.41 bits per heavy atom. The van der Waals surface area contributed by atoms with Crippen molar-refractivity contribution in [2.75, 3.05) is 0 Å². The van der Waals surface area contributed by atoms with Gasteiger partial charge >= 0.3 is 0 Å². The first-order valence-corrected chi connectivity index (χ1v) is 12.6. The molecule has 8 nitrogen and oxygen atoms in total. The molecule has 4 aromatic heterocycles. The number of rotatable bonds is 6. The average Bonchev–Trinajstić information content (AvgIpc) is 3.56. The molecule has 188 valence electrons. The van der Waals surface area contributed by atoms with E-state index < -0.39 is 5.60 Å². The molecule has 6 rings (SSSR count). The highest BCUT2D eigenvalue weighted by molar-refractivity contribution is 5.86. The molecule has 0 atom stereocenters. The van der Waals surface area contributed by atoms with E-state index in [0.29, 0.717) is 13.0 Å². The van der Waals surface area contributed by atoms with E-state index in [1.807, 2.05) is 42.6 Å². The van der Waals surface area contributed by atoms with E-state index >= 15 is 0 Å². The van der Waals surface area contributed by atoms with Crippen molar-refractivity contribution in [1.29, 1.82) is 0 Å². The highest BCUT2D eigenvalue weighted by atomic mass is 16.3. The molecule has 0 spiro atoms. The highest BCUT2D eigenvalue weighted by Gasteiger charge is 2.26. The summed E-state index contributed by atoms with van der Waals surface area (Å²) in [6.45, 7) is 4.00. The third kappa shape index (κ3) is 4.60. The van der Waals surface area contributed by atoms with Gasteiger partial charge in [-0.05, 0) is 55.0 Å². The van der Waals surface area contributed by atoms with Gasteiger partial charge in [0.25, 0.3) is 0 Å². The molecule has 1 aromatic carbocycles. The summed E-state index contributed by atoms with van der Waals surface area (Å²) in [7, 11) is 4.04. The van der Waals surface area contributed by atoms with Crippen molar-refractivity contribution in [2.24, 2.45) is 14.1 Å². The topological polar surface area (TPSA) is 86.6 Å². The Kier molecular flexibility index (Phi) is 5.56. The lowest BCUT2D eigenvalue weighted by molar-refractivity contribution is 0.0576. The zero-order valence-corrected chi connectivity index (χ0v) is 21.7. The molecule has 0 amide bonds. The van der Waals surface area contributed by atoms with Crippen LogP contribution >= 0.6 is 0 Å². The Bertz CT molecular complexity index is 1580. The molecule has 1 aliphatic carbocycles. The Hall–Kier alpha value is -4.04. The molecule has 0 bridgehead atoms. The van der Waals surface area contributed by atoms with Crippen LogP contribution in [0.5, 0.6) is 0 Å². The van der Waals surface area contributed by atoms with E-state index in [-0.39, 0.29) is 0 Å². The molecular weight excluding hydrogens is 462 g/mol. The Balaban J connectivity index is 1.34. The lowest BCUT2D eigenvalue weighted by Gasteiger charge is -2.18. The van der Waals surface area contributed by atoms with Gasteiger partial charge in [0.1, 0.15) is 5.82 Å². The summed E-state index contributed by atoms with van der Waals surface area (Å²) in [5, 5.41) is 19.0. The number of aromatic nitrogens is 7. The largest absolute Gasteiger partial charge is 0.389 e. The van der Waals surface area contributed by atoms with Crippen LogP contribution < -0.4 is 0 Å². The second-order valence-electron chi connectivity index (χ2n) is 10.6. The molecule has 0 radical (unpaired) electrons. The summed E-state index contributed by atoms with van der Waals surface area (Å²) in [6.07, 6.45) is 12.5. The minimum atomic E-state index is -0.818. The fourth-order valence-corrected chi connectivity index (χ4v) is 5.23. The van der Waals surface area contributed by atoms with E-state index in [0.717, 1.165) is 46.7 Å². The van der Waals surface area contributed by atoms with Crippen molar-refractivity contribution in [3.8, 4) is 33.6 Å². The van der Waals surface area contributed by atoms with E-state index in [1.165, 1.54) is 22.4 Å². The van der Waals surface area contributed by atoms with Gasteiger partial charge in [0.05, 0.1) is 41.8 Å². The molecule has 0 fully saturated rings. The smallest absolute Gasteiger partial charge is 0.134 e. The SMILES string of the molecule is Cn1cc(-c2ccc(-c3c4c(cn3C)CCc3cnc(Cc5ccn(CC(C)(C)O)n5)nc3-4)cc2)cn1. The minimum Gasteiger partial charge on any atom is -0.389 e. The van der Waals surface area contributed by atoms with Crippen LogP contribution in [0.2, 0.25) is 0 Å². The van der Waals surface area contributed by atoms with Gasteiger partial charge in [-0.1, -0.05) is 24.3 Å². The number of hydrogen-bond donors (Lipinski definition) is 1. The first-order chi connectivity index (χ1) is 17.7. The van der Waals surface area contributed by atoms with E-state index in [1.54, 1.807) is 18.5 Å². The van der Waals surface area contributed by atoms with Crippen LogP contribution in [-0.4, -0.2) is 44.8 Å². The van der Waals surface area contributed by atoms with Gasteiger partial charge in [0.15, 0.2) is 0 Å². The maximum Gasteiger partial charge on any atom is 0.134 e. The Morgan fingerprint density at radius 2 is 1.68 bits per heavy atom. The number of fused-ring (bicyclic) bond motifs is 3. The summed E-state index contributed by atoms with van der Waals surface area (Å²) in [4.78, 5) is 9.74. The predicted octanol–water partition coefficient (Wildman–Crippen LogP) is 4.21. The molecule has 1 N–H and O–H groups in total. The summed E-state index contributed by atoms with van der Waals surface area (Å²) in [6, 6.07) is 10.7. The number of aryl methyl sites for hydroxylation is 4. The zero-order chi connectivity index (χ0) is 25.7. The van der Waals surface area contributed by atoms with Gasteiger partial charge in [-0.15, -0.1) is 0 Å². The highest BCUT2D eigenvalue weighted by Crippen LogP contribution is 2.41. The Labute approximate surface area is 216 Å². The van der Waals surface area contributed by atoms with Crippen molar-refractivity contribution in [3.05, 3.63) is 84.0 Å². The molecule has 37 heavy (non-hydrogen) atoms. The summed E-state index contributed by atoms with van der Waals surface area (Å²) < 4.78 is 5.82. The summed E-state index contributed by atoms with van der Waals surface area (Å²) >= 11 is 0. The number of nitrogens with zero attached hydrogens (tertiary/aromatic N) is 7. The van der Waals surface area contributed by atoms with Crippen LogP contribution in [0.25, 0.3) is 33.6 Å². The maximum absolute atomic E-state index is 10.1. The van der Waals surface area contributed by atoms with E-state index in [2.05, 4.69) is 57.3 Å². The van der Waals surface area contributed by atoms with E-state index in [4.69, 9.17) is 4.98 Å². The van der Waals surface area contributed by atoms with Gasteiger partial charge in [0.2, 0.25) is 0 Å². The number of aliphatic hydroxyl groups is 1. The van der Waals surface area contributed by atoms with Crippen LogP contribution in [0.15, 0.2) is 61.3 Å². The van der Waals surface area contributed by atoms with Crippen molar-refractivity contribution >= 4 is 0 Å². The van der Waals surface area contributed by atoms with Crippen molar-refractivity contribution in [2.45, 2.75) is 45.3 Å². The van der Waals surface area contributed by atoms with Gasteiger partial charge in [-0.3, -0.25) is 9.36 Å². The van der Waals surface area contributed by atoms with E-state index in [9.17, 15) is 5.11 Å². The molecule has 0 saturated heterocycles. The quantitative estimate of drug-likeness (QED) is 0.383. The van der Waals surface area contributed by atoms with Crippen LogP contribution in [0.4, 0.5) is 0 Å². The fourth-order valence-electron chi connectivity index (χ4n) is 5.23. The molecular formula is C29H31N7O. The van der Waals surface area contributed by atoms with Crippen LogP contribution in [0.3, 0.4) is 0 Å². The lowest BCUT2D eigenvalue weighted by atomic mass is 9.89. The molecule has 0 saturated carbocycles. The third-order valence-electron chi connectivity index (χ3n) is 6.86.